The van der Waals surface area contributed by atoms with Crippen molar-refractivity contribution in [2.45, 2.75) is 12.5 Å². The summed E-state index contributed by atoms with van der Waals surface area (Å²) in [5.41, 5.74) is 2.15. The minimum atomic E-state index is -0.588. The third-order valence-corrected chi connectivity index (χ3v) is 4.02. The molecule has 5 heteroatoms. The van der Waals surface area contributed by atoms with E-state index in [9.17, 15) is 9.90 Å². The van der Waals surface area contributed by atoms with E-state index in [4.69, 9.17) is 11.6 Å². The summed E-state index contributed by atoms with van der Waals surface area (Å²) in [6, 6.07) is 18.2. The van der Waals surface area contributed by atoms with Crippen molar-refractivity contribution in [3.63, 3.8) is 0 Å². The first-order valence-corrected chi connectivity index (χ1v) is 8.09. The fraction of sp³-hybridized carbons (Fsp3) is 0.158. The number of amides is 1. The SMILES string of the molecule is O=C(NCCC(O)c1ccccc1)c1ccc2nc(Cl)ccc2c1. The number of carbonyl (C=O) groups is 1. The summed E-state index contributed by atoms with van der Waals surface area (Å²) in [7, 11) is 0. The van der Waals surface area contributed by atoms with Crippen LogP contribution >= 0.6 is 11.6 Å². The van der Waals surface area contributed by atoms with Gasteiger partial charge in [-0.15, -0.1) is 0 Å². The number of aromatic nitrogens is 1. The second-order valence-electron chi connectivity index (χ2n) is 5.51. The second kappa shape index (κ2) is 7.43. The number of hydrogen-bond donors (Lipinski definition) is 2. The molecule has 0 fully saturated rings. The zero-order valence-corrected chi connectivity index (χ0v) is 13.7. The van der Waals surface area contributed by atoms with E-state index in [0.717, 1.165) is 16.5 Å². The van der Waals surface area contributed by atoms with Gasteiger partial charge in [0.15, 0.2) is 0 Å². The molecule has 0 spiro atoms. The molecule has 0 saturated carbocycles. The van der Waals surface area contributed by atoms with Gasteiger partial charge in [0.05, 0.1) is 11.6 Å². The van der Waals surface area contributed by atoms with Crippen molar-refractivity contribution >= 4 is 28.4 Å². The van der Waals surface area contributed by atoms with Crippen LogP contribution < -0.4 is 5.32 Å². The normalized spacial score (nSPS) is 12.1. The molecule has 0 aliphatic rings. The van der Waals surface area contributed by atoms with Crippen LogP contribution in [0.2, 0.25) is 5.15 Å². The van der Waals surface area contributed by atoms with Gasteiger partial charge in [-0.2, -0.15) is 0 Å². The molecule has 1 atom stereocenters. The zero-order chi connectivity index (χ0) is 16.9. The minimum absolute atomic E-state index is 0.174. The fourth-order valence-electron chi connectivity index (χ4n) is 2.51. The molecule has 0 aliphatic heterocycles. The van der Waals surface area contributed by atoms with E-state index in [-0.39, 0.29) is 5.91 Å². The Labute approximate surface area is 145 Å². The molecule has 122 valence electrons. The first-order valence-electron chi connectivity index (χ1n) is 7.71. The van der Waals surface area contributed by atoms with Crippen LogP contribution in [0.5, 0.6) is 0 Å². The summed E-state index contributed by atoms with van der Waals surface area (Å²) < 4.78 is 0. The van der Waals surface area contributed by atoms with Gasteiger partial charge in [-0.1, -0.05) is 41.9 Å². The number of hydrogen-bond acceptors (Lipinski definition) is 3. The van der Waals surface area contributed by atoms with Crippen molar-refractivity contribution in [1.29, 1.82) is 0 Å². The monoisotopic (exact) mass is 340 g/mol. The Hall–Kier alpha value is -2.43. The van der Waals surface area contributed by atoms with Gasteiger partial charge in [-0.3, -0.25) is 4.79 Å². The summed E-state index contributed by atoms with van der Waals surface area (Å²) in [4.78, 5) is 16.4. The molecule has 1 amide bonds. The predicted octanol–water partition coefficient (Wildman–Crippen LogP) is 3.74. The molecule has 4 nitrogen and oxygen atoms in total. The molecule has 0 aliphatic carbocycles. The maximum absolute atomic E-state index is 12.2. The molecular formula is C19H17ClN2O2. The summed E-state index contributed by atoms with van der Waals surface area (Å²) in [5.74, 6) is -0.174. The van der Waals surface area contributed by atoms with E-state index in [1.54, 1.807) is 24.3 Å². The van der Waals surface area contributed by atoms with E-state index < -0.39 is 6.10 Å². The molecule has 3 aromatic rings. The van der Waals surface area contributed by atoms with E-state index in [1.807, 2.05) is 36.4 Å². The van der Waals surface area contributed by atoms with Crippen LogP contribution in [0.3, 0.4) is 0 Å². The Morgan fingerprint density at radius 2 is 1.92 bits per heavy atom. The van der Waals surface area contributed by atoms with Gasteiger partial charge in [0, 0.05) is 17.5 Å². The zero-order valence-electron chi connectivity index (χ0n) is 12.9. The highest BCUT2D eigenvalue weighted by Gasteiger charge is 2.10. The van der Waals surface area contributed by atoms with Crippen molar-refractivity contribution in [1.82, 2.24) is 10.3 Å². The number of aliphatic hydroxyl groups excluding tert-OH is 1. The molecule has 0 radical (unpaired) electrons. The van der Waals surface area contributed by atoms with Gasteiger partial charge < -0.3 is 10.4 Å². The van der Waals surface area contributed by atoms with Crippen molar-refractivity contribution in [2.24, 2.45) is 0 Å². The highest BCUT2D eigenvalue weighted by molar-refractivity contribution is 6.29. The van der Waals surface area contributed by atoms with Gasteiger partial charge >= 0.3 is 0 Å². The Balaban J connectivity index is 1.60. The largest absolute Gasteiger partial charge is 0.388 e. The summed E-state index contributed by atoms with van der Waals surface area (Å²) in [6.45, 7) is 0.395. The molecule has 1 unspecified atom stereocenters. The molecule has 1 aromatic heterocycles. The number of nitrogens with one attached hydrogen (secondary N) is 1. The van der Waals surface area contributed by atoms with Gasteiger partial charge in [-0.25, -0.2) is 4.98 Å². The molecule has 2 N–H and O–H groups in total. The number of aliphatic hydroxyl groups is 1. The maximum atomic E-state index is 12.2. The third kappa shape index (κ3) is 3.91. The highest BCUT2D eigenvalue weighted by Crippen LogP contribution is 2.18. The van der Waals surface area contributed by atoms with E-state index >= 15 is 0 Å². The topological polar surface area (TPSA) is 62.2 Å². The van der Waals surface area contributed by atoms with E-state index in [0.29, 0.717) is 23.7 Å². The lowest BCUT2D eigenvalue weighted by molar-refractivity contribution is 0.0943. The Kier molecular flexibility index (Phi) is 5.08. The number of nitrogens with zero attached hydrogens (tertiary/aromatic N) is 1. The predicted molar refractivity (Wildman–Crippen MR) is 95.1 cm³/mol. The van der Waals surface area contributed by atoms with Crippen LogP contribution in [0.4, 0.5) is 0 Å². The van der Waals surface area contributed by atoms with Crippen molar-refractivity contribution in [3.05, 3.63) is 76.9 Å². The number of pyridine rings is 1. The number of rotatable bonds is 5. The average molecular weight is 341 g/mol. The molecular weight excluding hydrogens is 324 g/mol. The molecule has 1 heterocycles. The van der Waals surface area contributed by atoms with Gasteiger partial charge in [-0.05, 0) is 42.3 Å². The summed E-state index contributed by atoms with van der Waals surface area (Å²) in [6.07, 6.45) is -0.130. The van der Waals surface area contributed by atoms with Crippen LogP contribution in [-0.2, 0) is 0 Å². The van der Waals surface area contributed by atoms with Crippen molar-refractivity contribution < 1.29 is 9.90 Å². The second-order valence-corrected chi connectivity index (χ2v) is 5.90. The van der Waals surface area contributed by atoms with E-state index in [1.165, 1.54) is 0 Å². The highest BCUT2D eigenvalue weighted by atomic mass is 35.5. The Morgan fingerprint density at radius 3 is 2.71 bits per heavy atom. The first-order chi connectivity index (χ1) is 11.6. The Bertz CT molecular complexity index is 852. The summed E-state index contributed by atoms with van der Waals surface area (Å²) >= 11 is 5.86. The van der Waals surface area contributed by atoms with Crippen LogP contribution in [0.25, 0.3) is 10.9 Å². The number of halogens is 1. The first kappa shape index (κ1) is 16.4. The summed E-state index contributed by atoms with van der Waals surface area (Å²) in [5, 5.41) is 14.2. The van der Waals surface area contributed by atoms with Crippen molar-refractivity contribution in [2.75, 3.05) is 6.54 Å². The van der Waals surface area contributed by atoms with Crippen LogP contribution in [0, 0.1) is 0 Å². The number of carbonyl (C=O) groups excluding carboxylic acids is 1. The number of fused-ring (bicyclic) bond motifs is 1. The molecule has 3 rings (SSSR count). The lowest BCUT2D eigenvalue weighted by Crippen LogP contribution is -2.25. The number of benzene rings is 2. The quantitative estimate of drug-likeness (QED) is 0.695. The minimum Gasteiger partial charge on any atom is -0.388 e. The van der Waals surface area contributed by atoms with Gasteiger partial charge in [0.1, 0.15) is 5.15 Å². The Morgan fingerprint density at radius 1 is 1.12 bits per heavy atom. The fourth-order valence-corrected chi connectivity index (χ4v) is 2.66. The molecule has 0 saturated heterocycles. The van der Waals surface area contributed by atoms with Crippen LogP contribution in [-0.4, -0.2) is 22.5 Å². The average Bonchev–Trinajstić information content (AvgIpc) is 2.61. The van der Waals surface area contributed by atoms with Gasteiger partial charge in [0.2, 0.25) is 0 Å². The molecule has 0 bridgehead atoms. The molecule has 24 heavy (non-hydrogen) atoms. The van der Waals surface area contributed by atoms with Crippen molar-refractivity contribution in [3.8, 4) is 0 Å². The van der Waals surface area contributed by atoms with Gasteiger partial charge in [0.25, 0.3) is 5.91 Å². The maximum Gasteiger partial charge on any atom is 0.251 e. The van der Waals surface area contributed by atoms with Crippen LogP contribution in [0.15, 0.2) is 60.7 Å². The van der Waals surface area contributed by atoms with Crippen LogP contribution in [0.1, 0.15) is 28.4 Å². The standard InChI is InChI=1S/C19H17ClN2O2/c20-18-9-7-14-12-15(6-8-16(14)22-18)19(24)21-11-10-17(23)13-4-2-1-3-5-13/h1-9,12,17,23H,10-11H2,(H,21,24). The molecule has 2 aromatic carbocycles. The smallest absolute Gasteiger partial charge is 0.251 e. The lowest BCUT2D eigenvalue weighted by Gasteiger charge is -2.11. The van der Waals surface area contributed by atoms with E-state index in [2.05, 4.69) is 10.3 Å². The third-order valence-electron chi connectivity index (χ3n) is 3.81. The lowest BCUT2D eigenvalue weighted by atomic mass is 10.1.